The Morgan fingerprint density at radius 1 is 1.73 bits per heavy atom. The molecule has 3 nitrogen and oxygen atoms in total. The monoisotopic (exact) mass is 151 g/mol. The quantitative estimate of drug-likeness (QED) is 0.667. The number of aromatic nitrogens is 1. The summed E-state index contributed by atoms with van der Waals surface area (Å²) in [5.74, 6) is -0.541. The first-order chi connectivity index (χ1) is 5.29. The molecule has 1 aromatic rings. The predicted molar refractivity (Wildman–Crippen MR) is 39.3 cm³/mol. The molecule has 0 bridgehead atoms. The third-order valence-corrected chi connectivity index (χ3v) is 2.16. The molecule has 2 atom stereocenters. The number of carbonyl (C=O) groups is 1. The number of aliphatic carboxylic acids is 1. The minimum absolute atomic E-state index is 0.134. The summed E-state index contributed by atoms with van der Waals surface area (Å²) in [6.45, 7) is 0. The molecule has 1 aliphatic carbocycles. The van der Waals surface area contributed by atoms with Crippen molar-refractivity contribution in [2.45, 2.75) is 12.3 Å². The molecule has 2 rings (SSSR count). The van der Waals surface area contributed by atoms with Gasteiger partial charge in [0, 0.05) is 12.4 Å². The molecule has 2 N–H and O–H groups in total. The van der Waals surface area contributed by atoms with Crippen molar-refractivity contribution in [3.8, 4) is 0 Å². The highest BCUT2D eigenvalue weighted by atomic mass is 16.4. The van der Waals surface area contributed by atoms with Crippen molar-refractivity contribution >= 4 is 5.97 Å². The highest BCUT2D eigenvalue weighted by Crippen LogP contribution is 2.47. The summed E-state index contributed by atoms with van der Waals surface area (Å²) in [4.78, 5) is 13.4. The standard InChI is InChI=1S/C8H9NO2/c10-8(11)7-3-6(7)5-1-2-9-4-5/h1-2,4,6-7,9H,3H2,(H,10,11). The van der Waals surface area contributed by atoms with Gasteiger partial charge in [-0.2, -0.15) is 0 Å². The molecule has 0 aliphatic heterocycles. The second kappa shape index (κ2) is 2.12. The SMILES string of the molecule is O=C(O)C1CC1c1cc[nH]c1. The summed E-state index contributed by atoms with van der Waals surface area (Å²) in [5.41, 5.74) is 1.12. The summed E-state index contributed by atoms with van der Waals surface area (Å²) in [7, 11) is 0. The van der Waals surface area contributed by atoms with Gasteiger partial charge in [-0.05, 0) is 24.0 Å². The molecule has 0 spiro atoms. The lowest BCUT2D eigenvalue weighted by atomic mass is 10.2. The van der Waals surface area contributed by atoms with Crippen LogP contribution in [0.4, 0.5) is 0 Å². The molecule has 2 unspecified atom stereocenters. The normalized spacial score (nSPS) is 28.4. The number of hydrogen-bond donors (Lipinski definition) is 2. The first-order valence-electron chi connectivity index (χ1n) is 3.64. The third-order valence-electron chi connectivity index (χ3n) is 2.16. The molecule has 0 aromatic carbocycles. The Kier molecular flexibility index (Phi) is 1.24. The fourth-order valence-corrected chi connectivity index (χ4v) is 1.40. The van der Waals surface area contributed by atoms with E-state index in [1.807, 2.05) is 18.5 Å². The zero-order valence-corrected chi connectivity index (χ0v) is 5.95. The molecule has 1 aliphatic rings. The van der Waals surface area contributed by atoms with E-state index in [2.05, 4.69) is 4.98 Å². The summed E-state index contributed by atoms with van der Waals surface area (Å²) < 4.78 is 0. The van der Waals surface area contributed by atoms with Crippen molar-refractivity contribution in [1.82, 2.24) is 4.98 Å². The Hall–Kier alpha value is -1.25. The largest absolute Gasteiger partial charge is 0.481 e. The van der Waals surface area contributed by atoms with E-state index in [4.69, 9.17) is 5.11 Å². The van der Waals surface area contributed by atoms with Crippen LogP contribution >= 0.6 is 0 Å². The number of nitrogens with one attached hydrogen (secondary N) is 1. The molecule has 0 radical (unpaired) electrons. The van der Waals surface area contributed by atoms with Crippen LogP contribution in [-0.4, -0.2) is 16.1 Å². The zero-order chi connectivity index (χ0) is 7.84. The summed E-state index contributed by atoms with van der Waals surface area (Å²) in [6.07, 6.45) is 4.49. The smallest absolute Gasteiger partial charge is 0.307 e. The van der Waals surface area contributed by atoms with Crippen molar-refractivity contribution in [3.05, 3.63) is 24.0 Å². The maximum Gasteiger partial charge on any atom is 0.307 e. The average Bonchev–Trinajstić information content (AvgIpc) is 2.60. The number of aromatic amines is 1. The van der Waals surface area contributed by atoms with Crippen LogP contribution < -0.4 is 0 Å². The van der Waals surface area contributed by atoms with Crippen molar-refractivity contribution in [2.75, 3.05) is 0 Å². The molecule has 11 heavy (non-hydrogen) atoms. The lowest BCUT2D eigenvalue weighted by Gasteiger charge is -1.89. The predicted octanol–water partition coefficient (Wildman–Crippen LogP) is 1.20. The van der Waals surface area contributed by atoms with Crippen LogP contribution in [0, 0.1) is 5.92 Å². The Morgan fingerprint density at radius 3 is 3.00 bits per heavy atom. The fraction of sp³-hybridized carbons (Fsp3) is 0.375. The second-order valence-corrected chi connectivity index (χ2v) is 2.93. The van der Waals surface area contributed by atoms with Gasteiger partial charge in [-0.3, -0.25) is 4.79 Å². The van der Waals surface area contributed by atoms with E-state index in [-0.39, 0.29) is 11.8 Å². The van der Waals surface area contributed by atoms with Crippen molar-refractivity contribution in [1.29, 1.82) is 0 Å². The summed E-state index contributed by atoms with van der Waals surface area (Å²) >= 11 is 0. The van der Waals surface area contributed by atoms with Gasteiger partial charge in [0.25, 0.3) is 0 Å². The minimum Gasteiger partial charge on any atom is -0.481 e. The Labute approximate surface area is 64.1 Å². The first-order valence-corrected chi connectivity index (χ1v) is 3.64. The number of rotatable bonds is 2. The van der Waals surface area contributed by atoms with Crippen LogP contribution in [0.1, 0.15) is 17.9 Å². The van der Waals surface area contributed by atoms with E-state index in [0.29, 0.717) is 0 Å². The summed E-state index contributed by atoms with van der Waals surface area (Å²) in [5, 5.41) is 8.61. The highest BCUT2D eigenvalue weighted by Gasteiger charge is 2.44. The van der Waals surface area contributed by atoms with Crippen LogP contribution in [-0.2, 0) is 4.79 Å². The molecular weight excluding hydrogens is 142 g/mol. The van der Waals surface area contributed by atoms with Gasteiger partial charge in [-0.1, -0.05) is 0 Å². The van der Waals surface area contributed by atoms with Gasteiger partial charge in [-0.15, -0.1) is 0 Å². The van der Waals surface area contributed by atoms with Gasteiger partial charge < -0.3 is 10.1 Å². The maximum absolute atomic E-state index is 10.5. The van der Waals surface area contributed by atoms with Crippen LogP contribution in [0.15, 0.2) is 18.5 Å². The molecule has 1 fully saturated rings. The van der Waals surface area contributed by atoms with Gasteiger partial charge in [0.15, 0.2) is 0 Å². The zero-order valence-electron chi connectivity index (χ0n) is 5.95. The molecule has 0 amide bonds. The summed E-state index contributed by atoms with van der Waals surface area (Å²) in [6, 6.07) is 1.94. The Bertz CT molecular complexity index is 266. The van der Waals surface area contributed by atoms with E-state index < -0.39 is 5.97 Å². The number of carboxylic acids is 1. The molecule has 58 valence electrons. The molecule has 1 saturated carbocycles. The van der Waals surface area contributed by atoms with Crippen LogP contribution in [0.25, 0.3) is 0 Å². The van der Waals surface area contributed by atoms with Crippen LogP contribution in [0.2, 0.25) is 0 Å². The van der Waals surface area contributed by atoms with Gasteiger partial charge in [0.1, 0.15) is 0 Å². The van der Waals surface area contributed by atoms with E-state index >= 15 is 0 Å². The van der Waals surface area contributed by atoms with Crippen LogP contribution in [0.3, 0.4) is 0 Å². The Morgan fingerprint density at radius 2 is 2.55 bits per heavy atom. The van der Waals surface area contributed by atoms with E-state index in [1.54, 1.807) is 0 Å². The van der Waals surface area contributed by atoms with Gasteiger partial charge in [0.2, 0.25) is 0 Å². The highest BCUT2D eigenvalue weighted by molar-refractivity contribution is 5.75. The van der Waals surface area contributed by atoms with Crippen molar-refractivity contribution in [3.63, 3.8) is 0 Å². The van der Waals surface area contributed by atoms with Gasteiger partial charge in [0.05, 0.1) is 5.92 Å². The van der Waals surface area contributed by atoms with Crippen molar-refractivity contribution in [2.24, 2.45) is 5.92 Å². The lowest BCUT2D eigenvalue weighted by Crippen LogP contribution is -1.98. The van der Waals surface area contributed by atoms with Crippen molar-refractivity contribution < 1.29 is 9.90 Å². The number of hydrogen-bond acceptors (Lipinski definition) is 1. The Balaban J connectivity index is 2.08. The van der Waals surface area contributed by atoms with Gasteiger partial charge in [-0.25, -0.2) is 0 Å². The molecule has 0 saturated heterocycles. The van der Waals surface area contributed by atoms with Crippen LogP contribution in [0.5, 0.6) is 0 Å². The molecule has 1 aromatic heterocycles. The second-order valence-electron chi connectivity index (χ2n) is 2.93. The van der Waals surface area contributed by atoms with Gasteiger partial charge >= 0.3 is 5.97 Å². The number of H-pyrrole nitrogens is 1. The number of carboxylic acid groups (broad SMARTS) is 1. The molecule has 3 heteroatoms. The first kappa shape index (κ1) is 6.46. The van der Waals surface area contributed by atoms with E-state index in [0.717, 1.165) is 12.0 Å². The lowest BCUT2D eigenvalue weighted by molar-refractivity contribution is -0.138. The molecule has 1 heterocycles. The third kappa shape index (κ3) is 1.02. The van der Waals surface area contributed by atoms with E-state index in [9.17, 15) is 4.79 Å². The topological polar surface area (TPSA) is 53.1 Å². The molecular formula is C8H9NO2. The fourth-order valence-electron chi connectivity index (χ4n) is 1.40. The average molecular weight is 151 g/mol. The minimum atomic E-state index is -0.670. The van der Waals surface area contributed by atoms with E-state index in [1.165, 1.54) is 0 Å². The maximum atomic E-state index is 10.5.